The van der Waals surface area contributed by atoms with Gasteiger partial charge in [-0.25, -0.2) is 0 Å². The molecule has 0 amide bonds. The molecule has 1 N–H and O–H groups in total. The van der Waals surface area contributed by atoms with Gasteiger partial charge in [-0.2, -0.15) is 0 Å². The summed E-state index contributed by atoms with van der Waals surface area (Å²) in [5, 5.41) is 13.5. The number of nitrogens with zero attached hydrogens (tertiary/aromatic N) is 1. The van der Waals surface area contributed by atoms with Crippen molar-refractivity contribution in [3.8, 4) is 0 Å². The number of unbranched alkanes of at least 4 members (excludes halogenated alkanes) is 3. The summed E-state index contributed by atoms with van der Waals surface area (Å²) in [4.78, 5) is 0. The number of benzene rings is 1. The molecule has 0 saturated heterocycles. The van der Waals surface area contributed by atoms with Crippen molar-refractivity contribution in [3.05, 3.63) is 39.9 Å². The van der Waals surface area contributed by atoms with Gasteiger partial charge < -0.3 is 5.21 Å². The molecule has 1 aromatic rings. The molecule has 1 aromatic carbocycles. The number of hydrogen-bond acceptors (Lipinski definition) is 2. The molecule has 0 heterocycles. The number of halogens is 2. The summed E-state index contributed by atoms with van der Waals surface area (Å²) in [6, 6.07) is 5.36. The van der Waals surface area contributed by atoms with Gasteiger partial charge in [0, 0.05) is 15.6 Å². The van der Waals surface area contributed by atoms with Gasteiger partial charge in [0.2, 0.25) is 0 Å². The summed E-state index contributed by atoms with van der Waals surface area (Å²) in [6.45, 7) is 2.17. The van der Waals surface area contributed by atoms with Gasteiger partial charge in [0.25, 0.3) is 0 Å². The molecule has 0 atom stereocenters. The van der Waals surface area contributed by atoms with Crippen LogP contribution in [0.1, 0.15) is 44.6 Å². The second-order valence-corrected chi connectivity index (χ2v) is 5.19. The first-order chi connectivity index (χ1) is 9.19. The normalized spacial score (nSPS) is 12.3. The summed E-state index contributed by atoms with van der Waals surface area (Å²) in [5.41, 5.74) is 1.40. The van der Waals surface area contributed by atoms with E-state index in [0.717, 1.165) is 24.8 Å². The third kappa shape index (κ3) is 5.66. The molecule has 4 heteroatoms. The van der Waals surface area contributed by atoms with Crippen LogP contribution in [-0.4, -0.2) is 10.9 Å². The summed E-state index contributed by atoms with van der Waals surface area (Å²) in [5.74, 6) is 0. The molecule has 0 saturated carbocycles. The Morgan fingerprint density at radius 1 is 1.21 bits per heavy atom. The minimum absolute atomic E-state index is 0.590. The monoisotopic (exact) mass is 299 g/mol. The first kappa shape index (κ1) is 16.1. The van der Waals surface area contributed by atoms with E-state index in [2.05, 4.69) is 12.1 Å². The van der Waals surface area contributed by atoms with Gasteiger partial charge in [0.15, 0.2) is 0 Å². The fourth-order valence-corrected chi connectivity index (χ4v) is 2.27. The smallest absolute Gasteiger partial charge is 0.0795 e. The van der Waals surface area contributed by atoms with Gasteiger partial charge in [-0.1, -0.05) is 66.7 Å². The Balaban J connectivity index is 2.63. The van der Waals surface area contributed by atoms with E-state index in [4.69, 9.17) is 28.4 Å². The van der Waals surface area contributed by atoms with Crippen molar-refractivity contribution >= 4 is 35.0 Å². The molecule has 0 fully saturated rings. The van der Waals surface area contributed by atoms with Crippen LogP contribution in [-0.2, 0) is 0 Å². The molecule has 0 radical (unpaired) electrons. The van der Waals surface area contributed by atoms with Crippen molar-refractivity contribution in [1.29, 1.82) is 0 Å². The molecule has 0 aliphatic rings. The Hall–Kier alpha value is -0.990. The predicted molar refractivity (Wildman–Crippen MR) is 83.5 cm³/mol. The highest BCUT2D eigenvalue weighted by molar-refractivity contribution is 6.37. The van der Waals surface area contributed by atoms with Crippen LogP contribution in [0.4, 0.5) is 0 Å². The SMILES string of the molecule is CCCCCCC(/C=C/c1c(Cl)cccc1Cl)=N/O. The van der Waals surface area contributed by atoms with Crippen molar-refractivity contribution in [2.24, 2.45) is 5.16 Å². The lowest BCUT2D eigenvalue weighted by atomic mass is 10.1. The number of hydrogen-bond donors (Lipinski definition) is 1. The van der Waals surface area contributed by atoms with Crippen molar-refractivity contribution in [2.75, 3.05) is 0 Å². The third-order valence-corrected chi connectivity index (χ3v) is 3.52. The van der Waals surface area contributed by atoms with Gasteiger partial charge >= 0.3 is 0 Å². The maximum absolute atomic E-state index is 8.97. The predicted octanol–water partition coefficient (Wildman–Crippen LogP) is 5.81. The molecule has 0 aliphatic carbocycles. The minimum atomic E-state index is 0.590. The lowest BCUT2D eigenvalue weighted by molar-refractivity contribution is 0.318. The average Bonchev–Trinajstić information content (AvgIpc) is 2.40. The van der Waals surface area contributed by atoms with Gasteiger partial charge in [0.1, 0.15) is 0 Å². The second-order valence-electron chi connectivity index (χ2n) is 4.37. The van der Waals surface area contributed by atoms with Crippen molar-refractivity contribution in [2.45, 2.75) is 39.0 Å². The first-order valence-corrected chi connectivity index (χ1v) is 7.27. The van der Waals surface area contributed by atoms with E-state index in [1.807, 2.05) is 0 Å². The highest BCUT2D eigenvalue weighted by Crippen LogP contribution is 2.25. The highest BCUT2D eigenvalue weighted by atomic mass is 35.5. The van der Waals surface area contributed by atoms with E-state index in [1.54, 1.807) is 30.4 Å². The average molecular weight is 300 g/mol. The Morgan fingerprint density at radius 2 is 1.89 bits per heavy atom. The van der Waals surface area contributed by atoms with Crippen LogP contribution in [0.15, 0.2) is 29.4 Å². The van der Waals surface area contributed by atoms with Gasteiger partial charge in [0.05, 0.1) is 5.71 Å². The lowest BCUT2D eigenvalue weighted by Crippen LogP contribution is -1.94. The van der Waals surface area contributed by atoms with E-state index >= 15 is 0 Å². The Morgan fingerprint density at radius 3 is 2.47 bits per heavy atom. The van der Waals surface area contributed by atoms with Crippen molar-refractivity contribution < 1.29 is 5.21 Å². The molecule has 0 spiro atoms. The lowest BCUT2D eigenvalue weighted by Gasteiger charge is -2.02. The summed E-state index contributed by atoms with van der Waals surface area (Å²) in [7, 11) is 0. The molecule has 2 nitrogen and oxygen atoms in total. The van der Waals surface area contributed by atoms with Crippen LogP contribution in [0.2, 0.25) is 10.0 Å². The molecule has 0 unspecified atom stereocenters. The van der Waals surface area contributed by atoms with Crippen molar-refractivity contribution in [3.63, 3.8) is 0 Å². The fraction of sp³-hybridized carbons (Fsp3) is 0.400. The van der Waals surface area contributed by atoms with E-state index in [1.165, 1.54) is 12.8 Å². The van der Waals surface area contributed by atoms with Crippen LogP contribution in [0.5, 0.6) is 0 Å². The van der Waals surface area contributed by atoms with Crippen LogP contribution in [0, 0.1) is 0 Å². The standard InChI is InChI=1S/C15H19Cl2NO/c1-2-3-4-5-7-12(18-19)10-11-13-14(16)8-6-9-15(13)17/h6,8-11,19H,2-5,7H2,1H3/b11-10+,18-12-. The Kier molecular flexibility index (Phi) is 7.61. The van der Waals surface area contributed by atoms with Gasteiger partial charge in [-0.3, -0.25) is 0 Å². The Labute approximate surface area is 124 Å². The minimum Gasteiger partial charge on any atom is -0.411 e. The maximum atomic E-state index is 8.97. The molecular weight excluding hydrogens is 281 g/mol. The summed E-state index contributed by atoms with van der Waals surface area (Å²) < 4.78 is 0. The van der Waals surface area contributed by atoms with Gasteiger partial charge in [-0.15, -0.1) is 0 Å². The largest absolute Gasteiger partial charge is 0.411 e. The molecule has 104 valence electrons. The van der Waals surface area contributed by atoms with Crippen LogP contribution in [0.25, 0.3) is 6.08 Å². The zero-order chi connectivity index (χ0) is 14.1. The van der Waals surface area contributed by atoms with E-state index in [9.17, 15) is 0 Å². The van der Waals surface area contributed by atoms with Crippen LogP contribution >= 0.6 is 23.2 Å². The summed E-state index contributed by atoms with van der Waals surface area (Å²) in [6.07, 6.45) is 8.88. The molecule has 19 heavy (non-hydrogen) atoms. The number of allylic oxidation sites excluding steroid dienone is 1. The zero-order valence-corrected chi connectivity index (χ0v) is 12.6. The first-order valence-electron chi connectivity index (χ1n) is 6.52. The highest BCUT2D eigenvalue weighted by Gasteiger charge is 2.02. The van der Waals surface area contributed by atoms with Crippen LogP contribution in [0.3, 0.4) is 0 Å². The van der Waals surface area contributed by atoms with Gasteiger partial charge in [-0.05, 0) is 31.1 Å². The fourth-order valence-electron chi connectivity index (χ4n) is 1.75. The molecule has 0 aromatic heterocycles. The molecule has 1 rings (SSSR count). The second kappa shape index (κ2) is 9.00. The van der Waals surface area contributed by atoms with E-state index < -0.39 is 0 Å². The molecule has 0 bridgehead atoms. The molecule has 0 aliphatic heterocycles. The number of rotatable bonds is 7. The van der Waals surface area contributed by atoms with E-state index in [0.29, 0.717) is 15.8 Å². The van der Waals surface area contributed by atoms with Crippen LogP contribution < -0.4 is 0 Å². The van der Waals surface area contributed by atoms with E-state index in [-0.39, 0.29) is 0 Å². The molecular formula is C15H19Cl2NO. The quantitative estimate of drug-likeness (QED) is 0.293. The van der Waals surface area contributed by atoms with Crippen molar-refractivity contribution in [1.82, 2.24) is 0 Å². The third-order valence-electron chi connectivity index (χ3n) is 2.86. The zero-order valence-electron chi connectivity index (χ0n) is 11.1. The topological polar surface area (TPSA) is 32.6 Å². The summed E-state index contributed by atoms with van der Waals surface area (Å²) >= 11 is 12.1. The Bertz CT molecular complexity index is 435. The maximum Gasteiger partial charge on any atom is 0.0795 e. The number of oxime groups is 1.